The molecule has 0 radical (unpaired) electrons. The van der Waals surface area contributed by atoms with Crippen molar-refractivity contribution in [3.05, 3.63) is 39.7 Å². The van der Waals surface area contributed by atoms with E-state index < -0.39 is 0 Å². The maximum Gasteiger partial charge on any atom is 0.266 e. The first-order valence-corrected chi connectivity index (χ1v) is 10.6. The maximum absolute atomic E-state index is 12.9. The van der Waals surface area contributed by atoms with Crippen LogP contribution in [-0.4, -0.2) is 38.1 Å². The summed E-state index contributed by atoms with van der Waals surface area (Å²) in [6, 6.07) is 7.35. The average Bonchev–Trinajstić information content (AvgIpc) is 3.46. The number of aryl methyl sites for hydroxylation is 1. The number of para-hydroxylation sites is 1. The Balaban J connectivity index is 1.53. The van der Waals surface area contributed by atoms with Crippen molar-refractivity contribution in [3.63, 3.8) is 0 Å². The van der Waals surface area contributed by atoms with E-state index in [4.69, 9.17) is 16.3 Å². The summed E-state index contributed by atoms with van der Waals surface area (Å²) in [5.41, 5.74) is 2.33. The van der Waals surface area contributed by atoms with E-state index in [0.29, 0.717) is 33.8 Å². The molecule has 1 aliphatic carbocycles. The molecule has 1 aliphatic heterocycles. The first kappa shape index (κ1) is 19.2. The number of morpholine rings is 1. The van der Waals surface area contributed by atoms with E-state index in [9.17, 15) is 9.59 Å². The highest BCUT2D eigenvalue weighted by Crippen LogP contribution is 2.36. The molecule has 1 aromatic heterocycles. The third kappa shape index (κ3) is 4.16. The van der Waals surface area contributed by atoms with Crippen molar-refractivity contribution in [1.82, 2.24) is 0 Å². The van der Waals surface area contributed by atoms with Crippen molar-refractivity contribution >= 4 is 51.1 Å². The summed E-state index contributed by atoms with van der Waals surface area (Å²) in [6.45, 7) is 4.59. The van der Waals surface area contributed by atoms with Gasteiger partial charge in [0.2, 0.25) is 5.91 Å². The second-order valence-corrected chi connectivity index (χ2v) is 8.54. The molecule has 28 heavy (non-hydrogen) atoms. The third-order valence-corrected chi connectivity index (χ3v) is 6.34. The van der Waals surface area contributed by atoms with E-state index >= 15 is 0 Å². The van der Waals surface area contributed by atoms with E-state index in [1.54, 1.807) is 0 Å². The van der Waals surface area contributed by atoms with E-state index in [0.717, 1.165) is 37.2 Å². The van der Waals surface area contributed by atoms with E-state index in [-0.39, 0.29) is 17.7 Å². The number of halogens is 1. The number of carbonyl (C=O) groups excluding carboxylic acids is 2. The molecule has 0 atom stereocenters. The summed E-state index contributed by atoms with van der Waals surface area (Å²) in [7, 11) is 0. The SMILES string of the molecule is Cc1cc(NC(=O)C2CC2)sc1C(=O)Nc1cccc(Cl)c1N1CCOCC1. The van der Waals surface area contributed by atoms with Gasteiger partial charge in [-0.1, -0.05) is 17.7 Å². The van der Waals surface area contributed by atoms with Crippen molar-refractivity contribution in [1.29, 1.82) is 0 Å². The number of nitrogens with zero attached hydrogens (tertiary/aromatic N) is 1. The number of ether oxygens (including phenoxy) is 1. The fourth-order valence-corrected chi connectivity index (χ4v) is 4.51. The molecule has 2 aliphatic rings. The molecule has 2 aromatic rings. The molecule has 4 rings (SSSR count). The van der Waals surface area contributed by atoms with Gasteiger partial charge in [-0.3, -0.25) is 9.59 Å². The fourth-order valence-electron chi connectivity index (χ4n) is 3.24. The van der Waals surface area contributed by atoms with Gasteiger partial charge in [0.05, 0.1) is 39.5 Å². The zero-order valence-electron chi connectivity index (χ0n) is 15.6. The van der Waals surface area contributed by atoms with Gasteiger partial charge in [0.25, 0.3) is 5.91 Å². The summed E-state index contributed by atoms with van der Waals surface area (Å²) in [5.74, 6) is -0.0360. The topological polar surface area (TPSA) is 70.7 Å². The maximum atomic E-state index is 12.9. The van der Waals surface area contributed by atoms with E-state index in [2.05, 4.69) is 15.5 Å². The van der Waals surface area contributed by atoms with Crippen molar-refractivity contribution in [2.24, 2.45) is 5.92 Å². The molecular formula is C20H22ClN3O3S. The lowest BCUT2D eigenvalue weighted by molar-refractivity contribution is -0.117. The predicted octanol–water partition coefficient (Wildman–Crippen LogP) is 4.15. The quantitative estimate of drug-likeness (QED) is 0.763. The van der Waals surface area contributed by atoms with Crippen LogP contribution in [0.2, 0.25) is 5.02 Å². The van der Waals surface area contributed by atoms with Crippen LogP contribution in [0.25, 0.3) is 0 Å². The normalized spacial score (nSPS) is 16.7. The van der Waals surface area contributed by atoms with Crippen LogP contribution in [0.4, 0.5) is 16.4 Å². The molecule has 6 nitrogen and oxygen atoms in total. The van der Waals surface area contributed by atoms with Crippen LogP contribution < -0.4 is 15.5 Å². The Hall–Kier alpha value is -2.09. The Morgan fingerprint density at radius 1 is 1.21 bits per heavy atom. The molecule has 8 heteroatoms. The molecule has 0 unspecified atom stereocenters. The minimum absolute atomic E-state index is 0.0395. The summed E-state index contributed by atoms with van der Waals surface area (Å²) in [4.78, 5) is 27.6. The number of rotatable bonds is 5. The van der Waals surface area contributed by atoms with Crippen molar-refractivity contribution in [2.75, 3.05) is 41.8 Å². The third-order valence-electron chi connectivity index (χ3n) is 4.88. The molecule has 1 saturated heterocycles. The zero-order valence-corrected chi connectivity index (χ0v) is 17.2. The summed E-state index contributed by atoms with van der Waals surface area (Å²) < 4.78 is 5.42. The van der Waals surface area contributed by atoms with Gasteiger partial charge in [-0.05, 0) is 43.5 Å². The first-order chi connectivity index (χ1) is 13.5. The second kappa shape index (κ2) is 8.11. The van der Waals surface area contributed by atoms with Gasteiger partial charge in [-0.15, -0.1) is 11.3 Å². The summed E-state index contributed by atoms with van der Waals surface area (Å²) in [5, 5.41) is 7.22. The van der Waals surface area contributed by atoms with Gasteiger partial charge >= 0.3 is 0 Å². The Labute approximate surface area is 172 Å². The van der Waals surface area contributed by atoms with Crippen LogP contribution >= 0.6 is 22.9 Å². The molecule has 2 amide bonds. The summed E-state index contributed by atoms with van der Waals surface area (Å²) in [6.07, 6.45) is 1.89. The first-order valence-electron chi connectivity index (χ1n) is 9.37. The Morgan fingerprint density at radius 3 is 2.68 bits per heavy atom. The number of hydrogen-bond acceptors (Lipinski definition) is 5. The number of nitrogens with one attached hydrogen (secondary N) is 2. The Bertz CT molecular complexity index is 904. The Kier molecular flexibility index (Phi) is 5.57. The molecule has 0 bridgehead atoms. The number of benzene rings is 1. The highest BCUT2D eigenvalue weighted by Gasteiger charge is 2.30. The van der Waals surface area contributed by atoms with Crippen molar-refractivity contribution in [2.45, 2.75) is 19.8 Å². The smallest absolute Gasteiger partial charge is 0.266 e. The van der Waals surface area contributed by atoms with Crippen LogP contribution in [0.3, 0.4) is 0 Å². The van der Waals surface area contributed by atoms with Crippen molar-refractivity contribution < 1.29 is 14.3 Å². The average molecular weight is 420 g/mol. The minimum atomic E-state index is -0.203. The predicted molar refractivity (Wildman–Crippen MR) is 113 cm³/mol. The van der Waals surface area contributed by atoms with Gasteiger partial charge in [-0.25, -0.2) is 0 Å². The molecule has 148 valence electrons. The van der Waals surface area contributed by atoms with Gasteiger partial charge in [0.15, 0.2) is 0 Å². The minimum Gasteiger partial charge on any atom is -0.378 e. The van der Waals surface area contributed by atoms with E-state index in [1.807, 2.05) is 31.2 Å². The van der Waals surface area contributed by atoms with Gasteiger partial charge in [0.1, 0.15) is 0 Å². The van der Waals surface area contributed by atoms with Gasteiger partial charge in [-0.2, -0.15) is 0 Å². The zero-order chi connectivity index (χ0) is 19.7. The lowest BCUT2D eigenvalue weighted by Crippen LogP contribution is -2.37. The highest BCUT2D eigenvalue weighted by molar-refractivity contribution is 7.18. The molecule has 2 fully saturated rings. The number of amides is 2. The van der Waals surface area contributed by atoms with E-state index in [1.165, 1.54) is 11.3 Å². The molecule has 1 aromatic carbocycles. The van der Waals surface area contributed by atoms with Gasteiger partial charge in [0, 0.05) is 19.0 Å². The van der Waals surface area contributed by atoms with Crippen LogP contribution in [0, 0.1) is 12.8 Å². The molecule has 2 N–H and O–H groups in total. The van der Waals surface area contributed by atoms with Crippen molar-refractivity contribution in [3.8, 4) is 0 Å². The lowest BCUT2D eigenvalue weighted by Gasteiger charge is -2.31. The monoisotopic (exact) mass is 419 g/mol. The second-order valence-electron chi connectivity index (χ2n) is 7.08. The highest BCUT2D eigenvalue weighted by atomic mass is 35.5. The molecular weight excluding hydrogens is 398 g/mol. The number of thiophene rings is 1. The van der Waals surface area contributed by atoms with Crippen LogP contribution in [0.5, 0.6) is 0 Å². The lowest BCUT2D eigenvalue weighted by atomic mass is 10.2. The molecule has 0 spiro atoms. The summed E-state index contributed by atoms with van der Waals surface area (Å²) >= 11 is 7.74. The molecule has 2 heterocycles. The van der Waals surface area contributed by atoms with Crippen LogP contribution in [0.1, 0.15) is 28.1 Å². The van der Waals surface area contributed by atoms with Crippen LogP contribution in [0.15, 0.2) is 24.3 Å². The number of anilines is 3. The standard InChI is InChI=1S/C20H22ClN3O3S/c1-12-11-16(23-19(25)13-5-6-13)28-18(12)20(26)22-15-4-2-3-14(21)17(15)24-7-9-27-10-8-24/h2-4,11,13H,5-10H2,1H3,(H,22,26)(H,23,25). The fraction of sp³-hybridized carbons (Fsp3) is 0.400. The Morgan fingerprint density at radius 2 is 1.96 bits per heavy atom. The van der Waals surface area contributed by atoms with Crippen LogP contribution in [-0.2, 0) is 9.53 Å². The molecule has 1 saturated carbocycles. The number of carbonyl (C=O) groups is 2. The number of hydrogen-bond donors (Lipinski definition) is 2. The largest absolute Gasteiger partial charge is 0.378 e. The van der Waals surface area contributed by atoms with Gasteiger partial charge < -0.3 is 20.3 Å².